The first-order valence-corrected chi connectivity index (χ1v) is 9.64. The molecule has 0 heterocycles. The number of hydrogen-bond donors (Lipinski definition) is 1. The van der Waals surface area contributed by atoms with Crippen molar-refractivity contribution in [1.82, 2.24) is 0 Å². The van der Waals surface area contributed by atoms with Gasteiger partial charge in [0.25, 0.3) is 10.1 Å². The summed E-state index contributed by atoms with van der Waals surface area (Å²) in [6.07, 6.45) is 3.81. The minimum absolute atomic E-state index is 0.529. The second-order valence-corrected chi connectivity index (χ2v) is 8.76. The molecule has 23 heavy (non-hydrogen) atoms. The molecule has 1 rings (SSSR count). The molecule has 1 saturated carbocycles. The molecule has 0 amide bonds. The first-order chi connectivity index (χ1) is 10.5. The molecule has 0 aliphatic heterocycles. The van der Waals surface area contributed by atoms with Crippen LogP contribution in [0.2, 0.25) is 0 Å². The van der Waals surface area contributed by atoms with Crippen LogP contribution in [0.3, 0.4) is 0 Å². The fraction of sp³-hybridized carbons (Fsp3) is 0.875. The third kappa shape index (κ3) is 4.76. The average molecular weight is 348 g/mol. The Labute approximate surface area is 138 Å². The number of rotatable bonds is 8. The van der Waals surface area contributed by atoms with Gasteiger partial charge >= 0.3 is 5.97 Å². The van der Waals surface area contributed by atoms with Crippen LogP contribution >= 0.6 is 0 Å². The Balaban J connectivity index is 2.67. The highest BCUT2D eigenvalue weighted by Gasteiger charge is 2.42. The molecule has 1 fully saturated rings. The molecule has 0 spiro atoms. The quantitative estimate of drug-likeness (QED) is 0.535. The van der Waals surface area contributed by atoms with Gasteiger partial charge in [0.1, 0.15) is 11.2 Å². The molecule has 7 heteroatoms. The second-order valence-electron chi connectivity index (χ2n) is 6.87. The van der Waals surface area contributed by atoms with Crippen molar-refractivity contribution in [2.24, 2.45) is 17.3 Å². The fourth-order valence-corrected chi connectivity index (χ4v) is 4.33. The van der Waals surface area contributed by atoms with Gasteiger partial charge in [-0.3, -0.25) is 13.8 Å². The zero-order valence-corrected chi connectivity index (χ0v) is 15.2. The van der Waals surface area contributed by atoms with Crippen molar-refractivity contribution in [3.8, 4) is 0 Å². The number of carboxylic acid groups (broad SMARTS) is 1. The van der Waals surface area contributed by atoms with Crippen molar-refractivity contribution in [2.75, 3.05) is 6.61 Å². The molecule has 0 saturated heterocycles. The first kappa shape index (κ1) is 20.1. The maximum Gasteiger partial charge on any atom is 0.319 e. The molecule has 0 radical (unpaired) electrons. The molecular formula is C16H28O6S. The average Bonchev–Trinajstić information content (AvgIpc) is 2.51. The summed E-state index contributed by atoms with van der Waals surface area (Å²) < 4.78 is 29.5. The number of carboxylic acids is 1. The lowest BCUT2D eigenvalue weighted by Gasteiger charge is -2.31. The molecule has 6 nitrogen and oxygen atoms in total. The van der Waals surface area contributed by atoms with E-state index in [4.69, 9.17) is 9.29 Å². The van der Waals surface area contributed by atoms with E-state index < -0.39 is 39.1 Å². The third-order valence-electron chi connectivity index (χ3n) is 5.34. The maximum atomic E-state index is 12.3. The number of ketones is 1. The van der Waals surface area contributed by atoms with Crippen LogP contribution in [0.5, 0.6) is 0 Å². The van der Waals surface area contributed by atoms with Crippen molar-refractivity contribution >= 4 is 21.9 Å². The Morgan fingerprint density at radius 1 is 1.26 bits per heavy atom. The van der Waals surface area contributed by atoms with Crippen LogP contribution in [-0.4, -0.2) is 37.1 Å². The van der Waals surface area contributed by atoms with Crippen molar-refractivity contribution in [3.05, 3.63) is 0 Å². The Bertz CT molecular complexity index is 517. The van der Waals surface area contributed by atoms with Gasteiger partial charge in [0.15, 0.2) is 0 Å². The van der Waals surface area contributed by atoms with Crippen LogP contribution in [-0.2, 0) is 23.9 Å². The van der Waals surface area contributed by atoms with Crippen LogP contribution < -0.4 is 0 Å². The highest BCUT2D eigenvalue weighted by molar-refractivity contribution is 7.87. The summed E-state index contributed by atoms with van der Waals surface area (Å²) in [5.74, 6) is -0.887. The largest absolute Gasteiger partial charge is 0.480 e. The van der Waals surface area contributed by atoms with Gasteiger partial charge in [-0.2, -0.15) is 8.42 Å². The standard InChI is InChI=1S/C16H28O6S/c1-5-11(2)13-6-8-14(9-7-13)23(20,21)22-10-16(4,12(3)17)15(18)19/h11,13-14H,5-10H2,1-4H3,(H,18,19). The second kappa shape index (κ2) is 7.75. The van der Waals surface area contributed by atoms with Gasteiger partial charge in [-0.1, -0.05) is 20.3 Å². The number of Topliss-reactive ketones (excluding diaryl/α,β-unsaturated/α-hetero) is 1. The number of hydrogen-bond acceptors (Lipinski definition) is 5. The van der Waals surface area contributed by atoms with E-state index in [1.807, 2.05) is 0 Å². The van der Waals surface area contributed by atoms with Gasteiger partial charge in [0, 0.05) is 0 Å². The van der Waals surface area contributed by atoms with E-state index in [2.05, 4.69) is 13.8 Å². The predicted octanol–water partition coefficient (Wildman–Crippen LogP) is 2.62. The molecule has 0 bridgehead atoms. The molecule has 2 atom stereocenters. The first-order valence-electron chi connectivity index (χ1n) is 8.17. The molecule has 134 valence electrons. The van der Waals surface area contributed by atoms with Gasteiger partial charge in [-0.25, -0.2) is 0 Å². The van der Waals surface area contributed by atoms with Crippen LogP contribution in [0, 0.1) is 17.3 Å². The van der Waals surface area contributed by atoms with Gasteiger partial charge in [-0.05, 0) is 51.4 Å². The number of carbonyl (C=O) groups is 2. The zero-order chi connectivity index (χ0) is 17.8. The Morgan fingerprint density at radius 3 is 2.17 bits per heavy atom. The Morgan fingerprint density at radius 2 is 1.78 bits per heavy atom. The summed E-state index contributed by atoms with van der Waals surface area (Å²) in [5.41, 5.74) is -1.83. The van der Waals surface area contributed by atoms with Gasteiger partial charge < -0.3 is 5.11 Å². The predicted molar refractivity (Wildman–Crippen MR) is 86.5 cm³/mol. The van der Waals surface area contributed by atoms with E-state index in [1.165, 1.54) is 6.92 Å². The maximum absolute atomic E-state index is 12.3. The number of aliphatic carboxylic acids is 1. The molecule has 0 aromatic heterocycles. The normalized spacial score (nSPS) is 26.3. The van der Waals surface area contributed by atoms with Crippen LogP contribution in [0.25, 0.3) is 0 Å². The third-order valence-corrected chi connectivity index (χ3v) is 7.07. The summed E-state index contributed by atoms with van der Waals surface area (Å²) in [4.78, 5) is 22.7. The molecular weight excluding hydrogens is 320 g/mol. The summed E-state index contributed by atoms with van der Waals surface area (Å²) in [6, 6.07) is 0. The molecule has 0 aromatic carbocycles. The smallest absolute Gasteiger partial charge is 0.319 e. The van der Waals surface area contributed by atoms with E-state index in [-0.39, 0.29) is 0 Å². The van der Waals surface area contributed by atoms with Crippen LogP contribution in [0.4, 0.5) is 0 Å². The summed E-state index contributed by atoms with van der Waals surface area (Å²) >= 11 is 0. The van der Waals surface area contributed by atoms with Crippen molar-refractivity contribution < 1.29 is 27.3 Å². The zero-order valence-electron chi connectivity index (χ0n) is 14.4. The van der Waals surface area contributed by atoms with E-state index >= 15 is 0 Å². The highest BCUT2D eigenvalue weighted by Crippen LogP contribution is 2.35. The monoisotopic (exact) mass is 348 g/mol. The topological polar surface area (TPSA) is 97.7 Å². The van der Waals surface area contributed by atoms with E-state index in [1.54, 1.807) is 0 Å². The van der Waals surface area contributed by atoms with Crippen LogP contribution in [0.1, 0.15) is 59.8 Å². The summed E-state index contributed by atoms with van der Waals surface area (Å²) in [6.45, 7) is 5.98. The summed E-state index contributed by atoms with van der Waals surface area (Å²) in [7, 11) is -3.85. The van der Waals surface area contributed by atoms with Gasteiger partial charge in [-0.15, -0.1) is 0 Å². The lowest BCUT2D eigenvalue weighted by atomic mass is 9.80. The van der Waals surface area contributed by atoms with Gasteiger partial charge in [0.2, 0.25) is 0 Å². The van der Waals surface area contributed by atoms with Crippen molar-refractivity contribution in [1.29, 1.82) is 0 Å². The number of carbonyl (C=O) groups excluding carboxylic acids is 1. The SMILES string of the molecule is CCC(C)C1CCC(S(=O)(=O)OCC(C)(C(C)=O)C(=O)O)CC1. The summed E-state index contributed by atoms with van der Waals surface area (Å²) in [5, 5.41) is 8.53. The van der Waals surface area contributed by atoms with E-state index in [0.717, 1.165) is 26.2 Å². The van der Waals surface area contributed by atoms with Crippen molar-refractivity contribution in [3.63, 3.8) is 0 Å². The molecule has 2 unspecified atom stereocenters. The molecule has 1 aliphatic carbocycles. The molecule has 1 N–H and O–H groups in total. The minimum Gasteiger partial charge on any atom is -0.480 e. The Kier molecular flexibility index (Phi) is 6.77. The fourth-order valence-electron chi connectivity index (χ4n) is 2.89. The van der Waals surface area contributed by atoms with Crippen LogP contribution in [0.15, 0.2) is 0 Å². The van der Waals surface area contributed by atoms with E-state index in [0.29, 0.717) is 24.7 Å². The minimum atomic E-state index is -3.85. The lowest BCUT2D eigenvalue weighted by Crippen LogP contribution is -2.41. The molecule has 0 aromatic rings. The molecule has 1 aliphatic rings. The highest BCUT2D eigenvalue weighted by atomic mass is 32.2. The van der Waals surface area contributed by atoms with E-state index in [9.17, 15) is 18.0 Å². The Hall–Kier alpha value is -0.950. The lowest BCUT2D eigenvalue weighted by molar-refractivity contribution is -0.154. The van der Waals surface area contributed by atoms with Gasteiger partial charge in [0.05, 0.1) is 11.9 Å². The van der Waals surface area contributed by atoms with Crippen molar-refractivity contribution in [2.45, 2.75) is 65.0 Å².